The number of unbranched alkanes of at least 4 members (excludes halogenated alkanes) is 2. The zero-order valence-corrected chi connectivity index (χ0v) is 13.2. The van der Waals surface area contributed by atoms with Crippen molar-refractivity contribution in [2.45, 2.75) is 50.6 Å². The Hall–Kier alpha value is -0.701. The molecule has 0 aromatic rings. The molecule has 0 aliphatic heterocycles. The minimum Gasteiger partial charge on any atom is -0.548 e. The monoisotopic (exact) mass is 346 g/mol. The van der Waals surface area contributed by atoms with E-state index in [2.05, 4.69) is 0 Å². The van der Waals surface area contributed by atoms with Gasteiger partial charge in [0.2, 0.25) is 0 Å². The Morgan fingerprint density at radius 2 is 1.05 bits per heavy atom. The van der Waals surface area contributed by atoms with E-state index < -0.39 is 24.0 Å². The van der Waals surface area contributed by atoms with Gasteiger partial charge >= 0.3 is 17.1 Å². The molecule has 0 aliphatic rings. The Balaban J connectivity index is -0.000000295. The summed E-state index contributed by atoms with van der Waals surface area (Å²) >= 11 is 0. The van der Waals surface area contributed by atoms with E-state index in [4.69, 9.17) is 22.9 Å². The number of rotatable bonds is 10. The van der Waals surface area contributed by atoms with Crippen molar-refractivity contribution in [3.63, 3.8) is 0 Å². The van der Waals surface area contributed by atoms with Crippen LogP contribution < -0.4 is 33.1 Å². The van der Waals surface area contributed by atoms with Crippen LogP contribution in [0.3, 0.4) is 0 Å². The predicted molar refractivity (Wildman–Crippen MR) is 71.8 cm³/mol. The van der Waals surface area contributed by atoms with Crippen LogP contribution in [-0.4, -0.2) is 37.1 Å². The third-order valence-electron chi connectivity index (χ3n) is 2.54. The van der Waals surface area contributed by atoms with Gasteiger partial charge < -0.3 is 42.7 Å². The van der Waals surface area contributed by atoms with Crippen LogP contribution in [0.25, 0.3) is 0 Å². The van der Waals surface area contributed by atoms with Crippen molar-refractivity contribution >= 4 is 11.9 Å². The number of carboxylic acids is 2. The summed E-state index contributed by atoms with van der Waals surface area (Å²) in [6, 6.07) is -1.65. The quantitative estimate of drug-likeness (QED) is 0.231. The van der Waals surface area contributed by atoms with Crippen LogP contribution in [0.4, 0.5) is 0 Å². The Bertz CT molecular complexity index is 244. The summed E-state index contributed by atoms with van der Waals surface area (Å²) in [5, 5.41) is 20.1. The van der Waals surface area contributed by atoms with E-state index in [1.165, 1.54) is 0 Å². The summed E-state index contributed by atoms with van der Waals surface area (Å²) in [4.78, 5) is 20.1. The van der Waals surface area contributed by atoms with Gasteiger partial charge in [-0.1, -0.05) is 12.8 Å². The van der Waals surface area contributed by atoms with E-state index in [1.54, 1.807) is 0 Å². The number of hydrogen-bond donors (Lipinski definition) is 4. The van der Waals surface area contributed by atoms with Gasteiger partial charge in [-0.05, 0) is 38.8 Å². The molecule has 0 heterocycles. The molecule has 8 N–H and O–H groups in total. The molecule has 0 amide bonds. The molecular weight excluding hydrogens is 320 g/mol. The third-order valence-corrected chi connectivity index (χ3v) is 2.54. The number of hydrogen-bond acceptors (Lipinski definition) is 8. The molecule has 0 rings (SSSR count). The summed E-state index contributed by atoms with van der Waals surface area (Å²) in [5.41, 5.74) is 20.7. The van der Waals surface area contributed by atoms with E-state index in [1.807, 2.05) is 0 Å². The van der Waals surface area contributed by atoms with Crippen LogP contribution in [0, 0.1) is 0 Å². The standard InChI is InChI=1S/2C6H14N2O2.Fe/c2*7-4-2-1-3-5(8)6(9)10;/h2*5H,1-4,7-8H2,(H,9,10);/q;;+2/p-2/t2*5-;/m00./s1. The first-order valence-corrected chi connectivity index (χ1v) is 6.69. The topological polar surface area (TPSA) is 184 Å². The predicted octanol–water partition coefficient (Wildman–Crippen LogP) is -3.62. The Morgan fingerprint density at radius 1 is 0.762 bits per heavy atom. The fraction of sp³-hybridized carbons (Fsp3) is 0.833. The maximum atomic E-state index is 10.0. The van der Waals surface area contributed by atoms with Gasteiger partial charge in [0, 0.05) is 12.1 Å². The van der Waals surface area contributed by atoms with Crippen molar-refractivity contribution in [2.24, 2.45) is 22.9 Å². The molecule has 2 atom stereocenters. The van der Waals surface area contributed by atoms with Crippen LogP contribution in [0.1, 0.15) is 38.5 Å². The molecule has 0 saturated heterocycles. The van der Waals surface area contributed by atoms with Gasteiger partial charge in [-0.25, -0.2) is 0 Å². The van der Waals surface area contributed by atoms with Gasteiger partial charge in [0.25, 0.3) is 0 Å². The number of nitrogens with two attached hydrogens (primary N) is 4. The molecule has 0 aromatic heterocycles. The second-order valence-corrected chi connectivity index (χ2v) is 4.42. The first kappa shape index (κ1) is 25.3. The molecule has 21 heavy (non-hydrogen) atoms. The maximum Gasteiger partial charge on any atom is 2.00 e. The molecule has 9 heteroatoms. The third kappa shape index (κ3) is 19.3. The van der Waals surface area contributed by atoms with Crippen molar-refractivity contribution < 1.29 is 36.9 Å². The molecule has 0 saturated carbocycles. The summed E-state index contributed by atoms with van der Waals surface area (Å²) in [6.07, 6.45) is 4.07. The molecular formula is C12H26FeN4O4. The fourth-order valence-corrected chi connectivity index (χ4v) is 1.25. The van der Waals surface area contributed by atoms with Crippen LogP contribution in [-0.2, 0) is 26.7 Å². The largest absolute Gasteiger partial charge is 2.00 e. The first-order chi connectivity index (χ1) is 9.36. The maximum absolute atomic E-state index is 10.0. The molecule has 0 spiro atoms. The van der Waals surface area contributed by atoms with E-state index in [0.717, 1.165) is 25.7 Å². The fourth-order valence-electron chi connectivity index (χ4n) is 1.25. The van der Waals surface area contributed by atoms with Gasteiger partial charge in [0.15, 0.2) is 0 Å². The number of carbonyl (C=O) groups excluding carboxylic acids is 2. The Kier molecular flexibility index (Phi) is 20.9. The number of carboxylic acid groups (broad SMARTS) is 2. The van der Waals surface area contributed by atoms with Gasteiger partial charge in [-0.15, -0.1) is 0 Å². The zero-order chi connectivity index (χ0) is 16.0. The summed E-state index contributed by atoms with van der Waals surface area (Å²) in [5.74, 6) is -2.37. The van der Waals surface area contributed by atoms with Crippen LogP contribution in [0.15, 0.2) is 0 Å². The van der Waals surface area contributed by atoms with Crippen molar-refractivity contribution in [3.05, 3.63) is 0 Å². The molecule has 0 aromatic carbocycles. The summed E-state index contributed by atoms with van der Waals surface area (Å²) in [7, 11) is 0. The number of carbonyl (C=O) groups is 2. The molecule has 126 valence electrons. The van der Waals surface area contributed by atoms with Gasteiger partial charge in [-0.2, -0.15) is 0 Å². The van der Waals surface area contributed by atoms with Gasteiger partial charge in [0.05, 0.1) is 11.9 Å². The normalized spacial score (nSPS) is 12.4. The molecule has 0 fully saturated rings. The van der Waals surface area contributed by atoms with Crippen molar-refractivity contribution in [3.8, 4) is 0 Å². The number of aliphatic carboxylic acids is 2. The van der Waals surface area contributed by atoms with Crippen molar-refractivity contribution in [2.75, 3.05) is 13.1 Å². The minimum absolute atomic E-state index is 0. The molecule has 0 radical (unpaired) electrons. The average Bonchev–Trinajstić information content (AvgIpc) is 2.39. The van der Waals surface area contributed by atoms with Crippen molar-refractivity contribution in [1.82, 2.24) is 0 Å². The zero-order valence-electron chi connectivity index (χ0n) is 12.1. The SMILES string of the molecule is NCCCC[C@H](N)C(=O)[O-].NCCCC[C@H](N)C(=O)[O-].[Fe+2]. The van der Waals surface area contributed by atoms with E-state index in [-0.39, 0.29) is 17.1 Å². The molecule has 0 bridgehead atoms. The van der Waals surface area contributed by atoms with Gasteiger partial charge in [-0.3, -0.25) is 0 Å². The Labute approximate surface area is 136 Å². The second kappa shape index (κ2) is 17.4. The van der Waals surface area contributed by atoms with E-state index >= 15 is 0 Å². The van der Waals surface area contributed by atoms with Crippen LogP contribution in [0.5, 0.6) is 0 Å². The smallest absolute Gasteiger partial charge is 0.548 e. The van der Waals surface area contributed by atoms with Crippen LogP contribution >= 0.6 is 0 Å². The molecule has 0 unspecified atom stereocenters. The van der Waals surface area contributed by atoms with E-state index in [0.29, 0.717) is 25.9 Å². The average molecular weight is 346 g/mol. The van der Waals surface area contributed by atoms with Crippen LogP contribution in [0.2, 0.25) is 0 Å². The Morgan fingerprint density at radius 3 is 1.24 bits per heavy atom. The second-order valence-electron chi connectivity index (χ2n) is 4.42. The molecule has 8 nitrogen and oxygen atoms in total. The summed E-state index contributed by atoms with van der Waals surface area (Å²) in [6.45, 7) is 1.17. The van der Waals surface area contributed by atoms with Crippen molar-refractivity contribution in [1.29, 1.82) is 0 Å². The summed E-state index contributed by atoms with van der Waals surface area (Å²) < 4.78 is 0. The molecule has 0 aliphatic carbocycles. The minimum atomic E-state index is -1.18. The first-order valence-electron chi connectivity index (χ1n) is 6.69. The van der Waals surface area contributed by atoms with E-state index in [9.17, 15) is 19.8 Å². The van der Waals surface area contributed by atoms with Gasteiger partial charge in [0.1, 0.15) is 0 Å².